The molecule has 138 valence electrons. The predicted molar refractivity (Wildman–Crippen MR) is 95.9 cm³/mol. The number of carbonyl (C=O) groups excluding carboxylic acids is 1. The van der Waals surface area contributed by atoms with Gasteiger partial charge in [-0.3, -0.25) is 0 Å². The number of likely N-dealkylation sites (tertiary alicyclic amines) is 2. The first-order valence-corrected chi connectivity index (χ1v) is 9.40. The van der Waals surface area contributed by atoms with E-state index in [4.69, 9.17) is 0 Å². The third-order valence-electron chi connectivity index (χ3n) is 5.80. The normalized spacial score (nSPS) is 26.1. The zero-order valence-corrected chi connectivity index (χ0v) is 15.2. The van der Waals surface area contributed by atoms with Gasteiger partial charge in [0.2, 0.25) is 0 Å². The summed E-state index contributed by atoms with van der Waals surface area (Å²) in [5, 5.41) is 10.1. The van der Waals surface area contributed by atoms with Crippen molar-refractivity contribution in [2.45, 2.75) is 70.1 Å². The number of amides is 2. The number of halogens is 1. The number of piperidine rings is 1. The number of benzene rings is 1. The van der Waals surface area contributed by atoms with E-state index in [-0.39, 0.29) is 23.9 Å². The fourth-order valence-corrected chi connectivity index (χ4v) is 4.03. The number of aliphatic hydroxyl groups is 1. The summed E-state index contributed by atoms with van der Waals surface area (Å²) in [7, 11) is 0. The molecule has 0 spiro atoms. The Morgan fingerprint density at radius 1 is 1.24 bits per heavy atom. The van der Waals surface area contributed by atoms with Crippen molar-refractivity contribution in [1.29, 1.82) is 0 Å². The molecule has 2 saturated heterocycles. The van der Waals surface area contributed by atoms with Gasteiger partial charge in [-0.1, -0.05) is 12.1 Å². The Hall–Kier alpha value is -1.62. The number of urea groups is 1. The van der Waals surface area contributed by atoms with Crippen LogP contribution in [0.5, 0.6) is 0 Å². The molecule has 0 radical (unpaired) electrons. The number of aryl methyl sites for hydroxylation is 1. The van der Waals surface area contributed by atoms with E-state index in [2.05, 4.69) is 6.92 Å². The first-order valence-electron chi connectivity index (χ1n) is 9.40. The van der Waals surface area contributed by atoms with Crippen LogP contribution in [0.4, 0.5) is 9.18 Å². The Balaban J connectivity index is 1.60. The molecule has 1 aromatic rings. The lowest BCUT2D eigenvalue weighted by molar-refractivity contribution is -0.000949. The van der Waals surface area contributed by atoms with Crippen LogP contribution in [0.15, 0.2) is 24.3 Å². The molecule has 2 aliphatic rings. The largest absolute Gasteiger partial charge is 0.390 e. The lowest BCUT2D eigenvalue weighted by Gasteiger charge is -2.40. The van der Waals surface area contributed by atoms with Crippen molar-refractivity contribution < 1.29 is 14.3 Å². The molecule has 3 rings (SSSR count). The molecular weight excluding hydrogens is 319 g/mol. The van der Waals surface area contributed by atoms with Crippen molar-refractivity contribution in [3.05, 3.63) is 35.6 Å². The van der Waals surface area contributed by atoms with Gasteiger partial charge in [0.05, 0.1) is 5.60 Å². The Morgan fingerprint density at radius 3 is 2.52 bits per heavy atom. The maximum Gasteiger partial charge on any atom is 0.320 e. The first kappa shape index (κ1) is 18.2. The van der Waals surface area contributed by atoms with Crippen molar-refractivity contribution in [1.82, 2.24) is 9.80 Å². The van der Waals surface area contributed by atoms with Crippen LogP contribution < -0.4 is 0 Å². The summed E-state index contributed by atoms with van der Waals surface area (Å²) < 4.78 is 13.0. The summed E-state index contributed by atoms with van der Waals surface area (Å²) in [4.78, 5) is 16.9. The summed E-state index contributed by atoms with van der Waals surface area (Å²) in [5.41, 5.74) is 0.470. The molecule has 1 aromatic carbocycles. The van der Waals surface area contributed by atoms with Gasteiger partial charge >= 0.3 is 6.03 Å². The van der Waals surface area contributed by atoms with Crippen molar-refractivity contribution in [2.75, 3.05) is 13.1 Å². The van der Waals surface area contributed by atoms with Crippen LogP contribution in [0.3, 0.4) is 0 Å². The molecule has 0 unspecified atom stereocenters. The van der Waals surface area contributed by atoms with Crippen LogP contribution >= 0.6 is 0 Å². The fourth-order valence-electron chi connectivity index (χ4n) is 4.03. The Kier molecular flexibility index (Phi) is 5.32. The highest BCUT2D eigenvalue weighted by Gasteiger charge is 2.38. The third kappa shape index (κ3) is 4.32. The molecule has 1 N–H and O–H groups in total. The highest BCUT2D eigenvalue weighted by molar-refractivity contribution is 5.75. The second-order valence-corrected chi connectivity index (χ2v) is 7.92. The monoisotopic (exact) mass is 348 g/mol. The van der Waals surface area contributed by atoms with E-state index in [0.717, 1.165) is 31.2 Å². The van der Waals surface area contributed by atoms with Crippen LogP contribution in [0.2, 0.25) is 0 Å². The van der Waals surface area contributed by atoms with Gasteiger partial charge in [0.1, 0.15) is 5.82 Å². The Morgan fingerprint density at radius 2 is 1.88 bits per heavy atom. The molecule has 0 aromatic heterocycles. The van der Waals surface area contributed by atoms with Gasteiger partial charge in [0, 0.05) is 25.2 Å². The average Bonchev–Trinajstić information content (AvgIpc) is 2.94. The lowest BCUT2D eigenvalue weighted by atomic mass is 9.94. The highest BCUT2D eigenvalue weighted by Crippen LogP contribution is 2.30. The number of rotatable bonds is 3. The molecular formula is C20H29FN2O2. The van der Waals surface area contributed by atoms with Gasteiger partial charge < -0.3 is 14.9 Å². The molecule has 0 saturated carbocycles. The number of carbonyl (C=O) groups is 1. The van der Waals surface area contributed by atoms with E-state index in [9.17, 15) is 14.3 Å². The molecule has 25 heavy (non-hydrogen) atoms. The van der Waals surface area contributed by atoms with E-state index >= 15 is 0 Å². The zero-order chi connectivity index (χ0) is 18.0. The zero-order valence-electron chi connectivity index (χ0n) is 15.2. The smallest absolute Gasteiger partial charge is 0.320 e. The van der Waals surface area contributed by atoms with E-state index < -0.39 is 5.60 Å². The van der Waals surface area contributed by atoms with Gasteiger partial charge in [-0.2, -0.15) is 0 Å². The van der Waals surface area contributed by atoms with Crippen LogP contribution in [-0.2, 0) is 6.42 Å². The summed E-state index contributed by atoms with van der Waals surface area (Å²) >= 11 is 0. The highest BCUT2D eigenvalue weighted by atomic mass is 19.1. The maximum absolute atomic E-state index is 13.0. The molecule has 4 nitrogen and oxygen atoms in total. The van der Waals surface area contributed by atoms with E-state index in [1.165, 1.54) is 12.1 Å². The van der Waals surface area contributed by atoms with E-state index in [0.29, 0.717) is 25.9 Å². The predicted octanol–water partition coefficient (Wildman–Crippen LogP) is 3.58. The quantitative estimate of drug-likeness (QED) is 0.907. The molecule has 5 heteroatoms. The molecule has 2 fully saturated rings. The average molecular weight is 348 g/mol. The van der Waals surface area contributed by atoms with Gasteiger partial charge in [-0.25, -0.2) is 9.18 Å². The van der Waals surface area contributed by atoms with E-state index in [1.807, 2.05) is 28.9 Å². The first-order chi connectivity index (χ1) is 11.9. The lowest BCUT2D eigenvalue weighted by Crippen LogP contribution is -2.53. The second-order valence-electron chi connectivity index (χ2n) is 7.92. The minimum absolute atomic E-state index is 0.115. The SMILES string of the molecule is C[C@@H]1CC[C@H](CCc2ccc(F)cc2)N1C(=O)N1CCC(C)(O)CC1. The van der Waals surface area contributed by atoms with Gasteiger partial charge in [0.25, 0.3) is 0 Å². The van der Waals surface area contributed by atoms with Crippen LogP contribution in [0.1, 0.15) is 51.5 Å². The molecule has 2 atom stereocenters. The Labute approximate surface area is 149 Å². The molecule has 0 aliphatic carbocycles. The number of hydrogen-bond donors (Lipinski definition) is 1. The number of hydrogen-bond acceptors (Lipinski definition) is 2. The topological polar surface area (TPSA) is 43.8 Å². The van der Waals surface area contributed by atoms with Crippen molar-refractivity contribution in [3.63, 3.8) is 0 Å². The summed E-state index contributed by atoms with van der Waals surface area (Å²) in [6.45, 7) is 5.22. The number of nitrogens with zero attached hydrogens (tertiary/aromatic N) is 2. The summed E-state index contributed by atoms with van der Waals surface area (Å²) in [5.74, 6) is -0.212. The minimum atomic E-state index is -0.643. The van der Waals surface area contributed by atoms with E-state index in [1.54, 1.807) is 0 Å². The second kappa shape index (κ2) is 7.32. The Bertz CT molecular complexity index is 592. The van der Waals surface area contributed by atoms with Crippen molar-refractivity contribution >= 4 is 6.03 Å². The summed E-state index contributed by atoms with van der Waals surface area (Å²) in [6, 6.07) is 7.26. The summed E-state index contributed by atoms with van der Waals surface area (Å²) in [6.07, 6.45) is 5.11. The van der Waals surface area contributed by atoms with Crippen LogP contribution in [0, 0.1) is 5.82 Å². The van der Waals surface area contributed by atoms with Crippen LogP contribution in [0.25, 0.3) is 0 Å². The molecule has 2 amide bonds. The van der Waals surface area contributed by atoms with Crippen LogP contribution in [-0.4, -0.2) is 51.7 Å². The van der Waals surface area contributed by atoms with Gasteiger partial charge in [-0.05, 0) is 70.1 Å². The molecule has 2 aliphatic heterocycles. The van der Waals surface area contributed by atoms with Gasteiger partial charge in [0.15, 0.2) is 0 Å². The van der Waals surface area contributed by atoms with Crippen molar-refractivity contribution in [2.24, 2.45) is 0 Å². The van der Waals surface area contributed by atoms with Gasteiger partial charge in [-0.15, -0.1) is 0 Å². The standard InChI is InChI=1S/C20H29FN2O2/c1-15-3-9-18(10-6-16-4-7-17(21)8-5-16)23(15)19(24)22-13-11-20(2,25)12-14-22/h4-5,7-8,15,18,25H,3,6,9-14H2,1-2H3/t15-,18-/m1/s1. The van der Waals surface area contributed by atoms with Crippen molar-refractivity contribution in [3.8, 4) is 0 Å². The minimum Gasteiger partial charge on any atom is -0.390 e. The third-order valence-corrected chi connectivity index (χ3v) is 5.80. The maximum atomic E-state index is 13.0. The molecule has 0 bridgehead atoms. The fraction of sp³-hybridized carbons (Fsp3) is 0.650. The molecule has 2 heterocycles.